The molecule has 44 heavy (non-hydrogen) atoms. The zero-order chi connectivity index (χ0) is 30.6. The normalized spacial score (nSPS) is 11.1. The molecule has 3 aromatic heterocycles. The van der Waals surface area contributed by atoms with E-state index >= 15 is 0 Å². The number of aryl methyl sites for hydroxylation is 2. The molecular weight excluding hydrogens is 688 g/mol. The number of furan rings is 2. The number of ether oxygens (including phenoxy) is 2. The zero-order valence-electron chi connectivity index (χ0n) is 24.1. The van der Waals surface area contributed by atoms with Gasteiger partial charge in [0, 0.05) is 32.8 Å². The van der Waals surface area contributed by atoms with Crippen molar-refractivity contribution in [3.05, 3.63) is 140 Å². The number of alkyl halides is 1. The van der Waals surface area contributed by atoms with Gasteiger partial charge in [0.2, 0.25) is 0 Å². The molecule has 222 valence electrons. The molecule has 7 rings (SSSR count). The Balaban J connectivity index is 0.000000238. The van der Waals surface area contributed by atoms with E-state index < -0.39 is 0 Å². The smallest absolute Gasteiger partial charge is 0.336 e. The van der Waals surface area contributed by atoms with Crippen molar-refractivity contribution in [3.63, 3.8) is 0 Å². The highest BCUT2D eigenvalue weighted by Gasteiger charge is 2.07. The van der Waals surface area contributed by atoms with Crippen LogP contribution < -0.4 is 15.1 Å². The van der Waals surface area contributed by atoms with Crippen molar-refractivity contribution in [1.82, 2.24) is 0 Å². The van der Waals surface area contributed by atoms with Crippen LogP contribution in [0.25, 0.3) is 32.9 Å². The van der Waals surface area contributed by atoms with Crippen LogP contribution in [0.5, 0.6) is 11.5 Å². The fraction of sp³-hybridized carbons (Fsp3) is 0.139. The van der Waals surface area contributed by atoms with Crippen LogP contribution in [-0.4, -0.2) is 0 Å². The number of halogens is 2. The van der Waals surface area contributed by atoms with Crippen molar-refractivity contribution >= 4 is 64.8 Å². The van der Waals surface area contributed by atoms with E-state index in [0.717, 1.165) is 60.1 Å². The van der Waals surface area contributed by atoms with Crippen molar-refractivity contribution in [3.8, 4) is 11.5 Å². The molecular formula is C36H28Br2O6. The molecule has 0 radical (unpaired) electrons. The lowest BCUT2D eigenvalue weighted by Gasteiger charge is -2.09. The van der Waals surface area contributed by atoms with Crippen LogP contribution in [0, 0.1) is 13.8 Å². The van der Waals surface area contributed by atoms with Crippen molar-refractivity contribution in [1.29, 1.82) is 0 Å². The van der Waals surface area contributed by atoms with Gasteiger partial charge in [0.05, 0.1) is 5.33 Å². The van der Waals surface area contributed by atoms with Gasteiger partial charge in [-0.1, -0.05) is 55.6 Å². The maximum atomic E-state index is 11.6. The minimum Gasteiger partial charge on any atom is -0.489 e. The van der Waals surface area contributed by atoms with E-state index in [4.69, 9.17) is 22.7 Å². The quantitative estimate of drug-likeness (QED) is 0.121. The van der Waals surface area contributed by atoms with E-state index in [2.05, 4.69) is 57.0 Å². The van der Waals surface area contributed by atoms with Gasteiger partial charge >= 0.3 is 5.63 Å². The Morgan fingerprint density at radius 1 is 0.636 bits per heavy atom. The minimum atomic E-state index is -0.363. The maximum absolute atomic E-state index is 11.6. The molecule has 0 aliphatic carbocycles. The summed E-state index contributed by atoms with van der Waals surface area (Å²) in [6, 6.07) is 30.9. The summed E-state index contributed by atoms with van der Waals surface area (Å²) in [5, 5.41) is 3.90. The summed E-state index contributed by atoms with van der Waals surface area (Å²) in [6.07, 6.45) is 0. The van der Waals surface area contributed by atoms with E-state index in [9.17, 15) is 4.79 Å². The third kappa shape index (κ3) is 7.09. The Bertz CT molecular complexity index is 2120. The molecule has 0 fully saturated rings. The molecule has 0 saturated heterocycles. The van der Waals surface area contributed by atoms with Crippen molar-refractivity contribution in [2.75, 3.05) is 0 Å². The number of fused-ring (bicyclic) bond motifs is 3. The van der Waals surface area contributed by atoms with Gasteiger partial charge in [-0.2, -0.15) is 0 Å². The highest BCUT2D eigenvalue weighted by atomic mass is 79.9. The van der Waals surface area contributed by atoms with Gasteiger partial charge in [-0.25, -0.2) is 4.79 Å². The summed E-state index contributed by atoms with van der Waals surface area (Å²) in [5.74, 6) is 3.14. The summed E-state index contributed by atoms with van der Waals surface area (Å²) in [7, 11) is 0. The molecule has 0 saturated carbocycles. The van der Waals surface area contributed by atoms with E-state index in [-0.39, 0.29) is 5.63 Å². The second kappa shape index (κ2) is 13.2. The van der Waals surface area contributed by atoms with Crippen LogP contribution in [0.1, 0.15) is 28.2 Å². The monoisotopic (exact) mass is 714 g/mol. The number of benzene rings is 4. The topological polar surface area (TPSA) is 75.0 Å². The first kappa shape index (κ1) is 29.8. The summed E-state index contributed by atoms with van der Waals surface area (Å²) in [5.41, 5.74) is 5.11. The molecule has 8 heteroatoms. The number of hydrogen-bond donors (Lipinski definition) is 0. The standard InChI is InChI=1S/C26H19BrO5.C10H9BrO/c1-16-10-26(28)32-25-13-21(7-8-23(16)25)29-14-17-2-5-20(6-3-17)30-15-22-12-18-11-19(27)4-9-24(18)31-22;1-7-2-3-10-8(4-7)5-9(6-11)12-10/h2-13H,14-15H2,1H3;2-5H,6H2,1H3. The second-order valence-corrected chi connectivity index (χ2v) is 11.9. The average Bonchev–Trinajstić information content (AvgIpc) is 3.62. The van der Waals surface area contributed by atoms with Gasteiger partial charge in [0.15, 0.2) is 0 Å². The molecule has 7 aromatic rings. The fourth-order valence-electron chi connectivity index (χ4n) is 4.82. The summed E-state index contributed by atoms with van der Waals surface area (Å²) in [6.45, 7) is 4.71. The lowest BCUT2D eigenvalue weighted by atomic mass is 10.1. The van der Waals surface area contributed by atoms with Crippen LogP contribution in [0.3, 0.4) is 0 Å². The summed E-state index contributed by atoms with van der Waals surface area (Å²) in [4.78, 5) is 11.6. The SMILES string of the molecule is Cc1cc(=O)oc2cc(OCc3ccc(OCc4cc5cc(Br)ccc5o4)cc3)ccc12.Cc1ccc2oc(CBr)cc2c1. The van der Waals surface area contributed by atoms with Crippen LogP contribution in [-0.2, 0) is 18.5 Å². The Labute approximate surface area is 270 Å². The lowest BCUT2D eigenvalue weighted by Crippen LogP contribution is -1.99. The molecule has 0 spiro atoms. The number of hydrogen-bond acceptors (Lipinski definition) is 6. The van der Waals surface area contributed by atoms with Crippen molar-refractivity contribution in [2.45, 2.75) is 32.4 Å². The zero-order valence-corrected chi connectivity index (χ0v) is 27.2. The molecule has 3 heterocycles. The van der Waals surface area contributed by atoms with Crippen LogP contribution in [0.2, 0.25) is 0 Å². The Morgan fingerprint density at radius 3 is 2.11 bits per heavy atom. The Kier molecular flexibility index (Phi) is 8.91. The van der Waals surface area contributed by atoms with Crippen molar-refractivity contribution in [2.24, 2.45) is 0 Å². The first-order chi connectivity index (χ1) is 21.3. The van der Waals surface area contributed by atoms with E-state index in [1.807, 2.05) is 73.7 Å². The van der Waals surface area contributed by atoms with Crippen LogP contribution in [0.4, 0.5) is 0 Å². The Hall–Kier alpha value is -4.27. The van der Waals surface area contributed by atoms with E-state index in [0.29, 0.717) is 24.5 Å². The van der Waals surface area contributed by atoms with E-state index in [1.165, 1.54) is 17.0 Å². The molecule has 0 unspecified atom stereocenters. The van der Waals surface area contributed by atoms with Gasteiger partial charge in [-0.3, -0.25) is 0 Å². The van der Waals surface area contributed by atoms with Gasteiger partial charge in [-0.15, -0.1) is 0 Å². The van der Waals surface area contributed by atoms with Gasteiger partial charge in [0.1, 0.15) is 53.0 Å². The van der Waals surface area contributed by atoms with Gasteiger partial charge in [-0.05, 0) is 91.7 Å². The molecule has 0 N–H and O–H groups in total. The first-order valence-electron chi connectivity index (χ1n) is 13.9. The molecule has 0 aliphatic rings. The predicted molar refractivity (Wildman–Crippen MR) is 180 cm³/mol. The largest absolute Gasteiger partial charge is 0.489 e. The average molecular weight is 716 g/mol. The third-order valence-electron chi connectivity index (χ3n) is 7.02. The second-order valence-electron chi connectivity index (χ2n) is 10.4. The third-order valence-corrected chi connectivity index (χ3v) is 8.06. The molecule has 4 aromatic carbocycles. The van der Waals surface area contributed by atoms with Gasteiger partial charge < -0.3 is 22.7 Å². The number of rotatable bonds is 7. The summed E-state index contributed by atoms with van der Waals surface area (Å²) < 4.78 is 29.3. The van der Waals surface area contributed by atoms with E-state index in [1.54, 1.807) is 6.07 Å². The lowest BCUT2D eigenvalue weighted by molar-refractivity contribution is 0.274. The van der Waals surface area contributed by atoms with Crippen molar-refractivity contribution < 1.29 is 22.7 Å². The predicted octanol–water partition coefficient (Wildman–Crippen LogP) is 10.4. The molecule has 0 amide bonds. The maximum Gasteiger partial charge on any atom is 0.336 e. The van der Waals surface area contributed by atoms with Crippen LogP contribution >= 0.6 is 31.9 Å². The minimum absolute atomic E-state index is 0.351. The fourth-order valence-corrected chi connectivity index (χ4v) is 5.48. The summed E-state index contributed by atoms with van der Waals surface area (Å²) >= 11 is 6.83. The van der Waals surface area contributed by atoms with Gasteiger partial charge in [0.25, 0.3) is 0 Å². The molecule has 0 atom stereocenters. The Morgan fingerprint density at radius 2 is 1.32 bits per heavy atom. The molecule has 0 aliphatic heterocycles. The molecule has 6 nitrogen and oxygen atoms in total. The highest BCUT2D eigenvalue weighted by Crippen LogP contribution is 2.26. The van der Waals surface area contributed by atoms with Crippen LogP contribution in [0.15, 0.2) is 120 Å². The highest BCUT2D eigenvalue weighted by molar-refractivity contribution is 9.10. The molecule has 0 bridgehead atoms. The first-order valence-corrected chi connectivity index (χ1v) is 15.9.